The summed E-state index contributed by atoms with van der Waals surface area (Å²) in [6.07, 6.45) is 1.92. The van der Waals surface area contributed by atoms with Gasteiger partial charge < -0.3 is 9.64 Å². The molecule has 8 heteroatoms. The number of amides is 1. The molecule has 1 aliphatic heterocycles. The van der Waals surface area contributed by atoms with E-state index in [0.29, 0.717) is 30.1 Å². The van der Waals surface area contributed by atoms with E-state index in [4.69, 9.17) is 16.3 Å². The number of sulfonamides is 1. The molecule has 0 atom stereocenters. The van der Waals surface area contributed by atoms with Crippen molar-refractivity contribution in [2.75, 3.05) is 24.9 Å². The summed E-state index contributed by atoms with van der Waals surface area (Å²) in [7, 11) is -2.41. The van der Waals surface area contributed by atoms with E-state index in [1.54, 1.807) is 35.2 Å². The van der Waals surface area contributed by atoms with E-state index in [2.05, 4.69) is 4.72 Å². The number of carbonyl (C=O) groups excluding carboxylic acids is 1. The number of methoxy groups -OCH3 is 1. The largest absolute Gasteiger partial charge is 0.497 e. The van der Waals surface area contributed by atoms with Crippen LogP contribution in [0.4, 0.5) is 5.69 Å². The van der Waals surface area contributed by atoms with E-state index in [9.17, 15) is 13.2 Å². The van der Waals surface area contributed by atoms with Gasteiger partial charge in [-0.05, 0) is 55.3 Å². The van der Waals surface area contributed by atoms with Gasteiger partial charge in [0.2, 0.25) is 0 Å². The minimum absolute atomic E-state index is 0.0592. The molecule has 0 spiro atoms. The number of carbonyl (C=O) groups is 1. The zero-order valence-electron chi connectivity index (χ0n) is 14.2. The van der Waals surface area contributed by atoms with Crippen molar-refractivity contribution < 1.29 is 17.9 Å². The van der Waals surface area contributed by atoms with Gasteiger partial charge in [-0.15, -0.1) is 0 Å². The van der Waals surface area contributed by atoms with Gasteiger partial charge in [0, 0.05) is 24.3 Å². The summed E-state index contributed by atoms with van der Waals surface area (Å²) < 4.78 is 33.0. The molecule has 0 radical (unpaired) electrons. The SMILES string of the molecule is COc1ccc(NS(=O)(=O)c2cc(C(=O)N3CCCC3)ccc2Cl)cc1. The maximum atomic E-state index is 12.7. The van der Waals surface area contributed by atoms with Crippen LogP contribution in [0, 0.1) is 0 Å². The first kappa shape index (κ1) is 18.5. The Hall–Kier alpha value is -2.25. The Balaban J connectivity index is 1.88. The molecule has 1 aliphatic rings. The lowest BCUT2D eigenvalue weighted by Crippen LogP contribution is -2.27. The van der Waals surface area contributed by atoms with Crippen LogP contribution in [0.5, 0.6) is 5.75 Å². The number of rotatable bonds is 5. The zero-order chi connectivity index (χ0) is 18.7. The highest BCUT2D eigenvalue weighted by atomic mass is 35.5. The predicted octanol–water partition coefficient (Wildman–Crippen LogP) is 3.39. The van der Waals surface area contributed by atoms with E-state index in [1.165, 1.54) is 19.2 Å². The predicted molar refractivity (Wildman–Crippen MR) is 100 cm³/mol. The maximum Gasteiger partial charge on any atom is 0.263 e. The van der Waals surface area contributed by atoms with E-state index in [0.717, 1.165) is 12.8 Å². The van der Waals surface area contributed by atoms with Gasteiger partial charge >= 0.3 is 0 Å². The average molecular weight is 395 g/mol. The van der Waals surface area contributed by atoms with Gasteiger partial charge in [0.15, 0.2) is 0 Å². The molecular formula is C18H19ClN2O4S. The summed E-state index contributed by atoms with van der Waals surface area (Å²) in [5.41, 5.74) is 0.685. The lowest BCUT2D eigenvalue weighted by molar-refractivity contribution is 0.0792. The van der Waals surface area contributed by atoms with Crippen molar-refractivity contribution >= 4 is 33.2 Å². The van der Waals surface area contributed by atoms with Gasteiger partial charge in [0.05, 0.1) is 12.1 Å². The van der Waals surface area contributed by atoms with Crippen molar-refractivity contribution in [3.05, 3.63) is 53.1 Å². The Kier molecular flexibility index (Phi) is 5.38. The van der Waals surface area contributed by atoms with E-state index in [-0.39, 0.29) is 15.8 Å². The summed E-state index contributed by atoms with van der Waals surface area (Å²) in [6.45, 7) is 1.38. The second-order valence-corrected chi connectivity index (χ2v) is 8.04. The molecular weight excluding hydrogens is 376 g/mol. The summed E-state index contributed by atoms with van der Waals surface area (Å²) >= 11 is 6.09. The molecule has 138 valence electrons. The smallest absolute Gasteiger partial charge is 0.263 e. The van der Waals surface area contributed by atoms with Gasteiger partial charge in [-0.2, -0.15) is 0 Å². The molecule has 26 heavy (non-hydrogen) atoms. The van der Waals surface area contributed by atoms with Crippen molar-refractivity contribution in [2.24, 2.45) is 0 Å². The van der Waals surface area contributed by atoms with Gasteiger partial charge in [-0.1, -0.05) is 11.6 Å². The molecule has 1 N–H and O–H groups in total. The van der Waals surface area contributed by atoms with Crippen LogP contribution >= 0.6 is 11.6 Å². The molecule has 0 unspecified atom stereocenters. The van der Waals surface area contributed by atoms with E-state index < -0.39 is 10.0 Å². The second-order valence-electron chi connectivity index (χ2n) is 5.98. The molecule has 3 rings (SSSR count). The Bertz CT molecular complexity index is 907. The standard InChI is InChI=1S/C18H19ClN2O4S/c1-25-15-7-5-14(6-8-15)20-26(23,24)17-12-13(4-9-16(17)19)18(22)21-10-2-3-11-21/h4-9,12,20H,2-3,10-11H2,1H3. The van der Waals surface area contributed by atoms with Crippen LogP contribution in [-0.2, 0) is 10.0 Å². The molecule has 6 nitrogen and oxygen atoms in total. The molecule has 0 saturated carbocycles. The number of benzene rings is 2. The normalized spacial score (nSPS) is 14.3. The first-order chi connectivity index (χ1) is 12.4. The number of hydrogen-bond donors (Lipinski definition) is 1. The zero-order valence-corrected chi connectivity index (χ0v) is 15.8. The molecule has 0 bridgehead atoms. The Morgan fingerprint density at radius 3 is 2.38 bits per heavy atom. The van der Waals surface area contributed by atoms with Crippen LogP contribution in [0.3, 0.4) is 0 Å². The highest BCUT2D eigenvalue weighted by Gasteiger charge is 2.24. The van der Waals surface area contributed by atoms with Gasteiger partial charge in [0.25, 0.3) is 15.9 Å². The number of anilines is 1. The van der Waals surface area contributed by atoms with Crippen molar-refractivity contribution in [1.82, 2.24) is 4.90 Å². The number of nitrogens with zero attached hydrogens (tertiary/aromatic N) is 1. The summed E-state index contributed by atoms with van der Waals surface area (Å²) in [5.74, 6) is 0.434. The van der Waals surface area contributed by atoms with Gasteiger partial charge in [-0.3, -0.25) is 9.52 Å². The van der Waals surface area contributed by atoms with Crippen LogP contribution in [0.25, 0.3) is 0 Å². The quantitative estimate of drug-likeness (QED) is 0.843. The van der Waals surface area contributed by atoms with Gasteiger partial charge in [-0.25, -0.2) is 8.42 Å². The van der Waals surface area contributed by atoms with E-state index in [1.807, 2.05) is 0 Å². The highest BCUT2D eigenvalue weighted by Crippen LogP contribution is 2.27. The molecule has 1 amide bonds. The minimum Gasteiger partial charge on any atom is -0.497 e. The van der Waals surface area contributed by atoms with Crippen molar-refractivity contribution in [2.45, 2.75) is 17.7 Å². The number of ether oxygens (including phenoxy) is 1. The molecule has 1 saturated heterocycles. The molecule has 0 aromatic heterocycles. The van der Waals surface area contributed by atoms with Crippen LogP contribution in [0.1, 0.15) is 23.2 Å². The fourth-order valence-electron chi connectivity index (χ4n) is 2.81. The molecule has 1 heterocycles. The lowest BCUT2D eigenvalue weighted by atomic mass is 10.2. The topological polar surface area (TPSA) is 75.7 Å². The molecule has 2 aromatic carbocycles. The fraction of sp³-hybridized carbons (Fsp3) is 0.278. The van der Waals surface area contributed by atoms with Crippen LogP contribution in [0.15, 0.2) is 47.4 Å². The van der Waals surface area contributed by atoms with Crippen molar-refractivity contribution in [3.8, 4) is 5.75 Å². The monoisotopic (exact) mass is 394 g/mol. The fourth-order valence-corrected chi connectivity index (χ4v) is 4.40. The Morgan fingerprint density at radius 1 is 1.12 bits per heavy atom. The second kappa shape index (κ2) is 7.55. The van der Waals surface area contributed by atoms with E-state index >= 15 is 0 Å². The van der Waals surface area contributed by atoms with Crippen molar-refractivity contribution in [3.63, 3.8) is 0 Å². The third kappa shape index (κ3) is 3.94. The summed E-state index contributed by atoms with van der Waals surface area (Å²) in [6, 6.07) is 10.8. The van der Waals surface area contributed by atoms with Gasteiger partial charge in [0.1, 0.15) is 10.6 Å². The molecule has 1 fully saturated rings. The lowest BCUT2D eigenvalue weighted by Gasteiger charge is -2.16. The number of hydrogen-bond acceptors (Lipinski definition) is 4. The molecule has 0 aliphatic carbocycles. The number of likely N-dealkylation sites (tertiary alicyclic amines) is 1. The summed E-state index contributed by atoms with van der Waals surface area (Å²) in [4.78, 5) is 14.1. The van der Waals surface area contributed by atoms with Crippen LogP contribution < -0.4 is 9.46 Å². The first-order valence-electron chi connectivity index (χ1n) is 8.16. The van der Waals surface area contributed by atoms with Crippen LogP contribution in [-0.4, -0.2) is 39.4 Å². The Labute approximate surface area is 157 Å². The number of nitrogens with one attached hydrogen (secondary N) is 1. The minimum atomic E-state index is -3.94. The third-order valence-electron chi connectivity index (χ3n) is 4.20. The first-order valence-corrected chi connectivity index (χ1v) is 10.0. The average Bonchev–Trinajstić information content (AvgIpc) is 3.16. The maximum absolute atomic E-state index is 12.7. The number of halogens is 1. The third-order valence-corrected chi connectivity index (χ3v) is 6.07. The Morgan fingerprint density at radius 2 is 1.77 bits per heavy atom. The van der Waals surface area contributed by atoms with Crippen molar-refractivity contribution in [1.29, 1.82) is 0 Å². The van der Waals surface area contributed by atoms with Crippen LogP contribution in [0.2, 0.25) is 5.02 Å². The summed E-state index contributed by atoms with van der Waals surface area (Å²) in [5, 5.41) is 0.0592. The highest BCUT2D eigenvalue weighted by molar-refractivity contribution is 7.92. The molecule has 2 aromatic rings.